The number of unbranched alkanes of at least 4 members (excludes halogenated alkanes) is 6. The zero-order chi connectivity index (χ0) is 28.7. The van der Waals surface area contributed by atoms with Gasteiger partial charge in [0.15, 0.2) is 0 Å². The van der Waals surface area contributed by atoms with Gasteiger partial charge in [0.25, 0.3) is 0 Å². The molecule has 2 heteroatoms. The average molecular weight is 547 g/mol. The maximum atomic E-state index is 5.57. The Labute approximate surface area is 247 Å². The number of rotatable bonds is 14. The minimum absolute atomic E-state index is 0.00511. The van der Waals surface area contributed by atoms with E-state index in [9.17, 15) is 0 Å². The molecule has 41 heavy (non-hydrogen) atoms. The molecule has 2 nitrogen and oxygen atoms in total. The van der Waals surface area contributed by atoms with E-state index in [0.29, 0.717) is 0 Å². The lowest BCUT2D eigenvalue weighted by atomic mass is 9.68. The van der Waals surface area contributed by atoms with E-state index in [4.69, 9.17) is 9.47 Å². The number of benzene rings is 4. The summed E-state index contributed by atoms with van der Waals surface area (Å²) in [6.07, 6.45) is 12.6. The van der Waals surface area contributed by atoms with Crippen LogP contribution in [0.1, 0.15) is 89.2 Å². The molecular formula is C39H46O2. The molecule has 1 aliphatic rings. The number of ether oxygens (including phenoxy) is 2. The van der Waals surface area contributed by atoms with Gasteiger partial charge in [-0.25, -0.2) is 0 Å². The summed E-state index contributed by atoms with van der Waals surface area (Å²) in [6, 6.07) is 31.3. The number of methoxy groups -OCH3 is 2. The normalized spacial score (nSPS) is 13.1. The molecule has 0 aliphatic heterocycles. The van der Waals surface area contributed by atoms with E-state index in [1.807, 2.05) is 0 Å². The summed E-state index contributed by atoms with van der Waals surface area (Å²) in [5, 5.41) is 0. The Hall–Kier alpha value is -3.52. The van der Waals surface area contributed by atoms with Crippen LogP contribution in [0, 0.1) is 0 Å². The minimum atomic E-state index is 0.00511. The van der Waals surface area contributed by atoms with Crippen molar-refractivity contribution >= 4 is 0 Å². The van der Waals surface area contributed by atoms with Gasteiger partial charge >= 0.3 is 0 Å². The van der Waals surface area contributed by atoms with E-state index in [1.54, 1.807) is 14.2 Å². The first-order valence-electron chi connectivity index (χ1n) is 15.7. The molecule has 0 radical (unpaired) electrons. The predicted octanol–water partition coefficient (Wildman–Crippen LogP) is 11.2. The first-order chi connectivity index (χ1) is 20.2. The molecular weight excluding hydrogens is 500 g/mol. The lowest BCUT2D eigenvalue weighted by molar-refractivity contribution is 0.402. The van der Waals surface area contributed by atoms with Gasteiger partial charge < -0.3 is 9.47 Å². The van der Waals surface area contributed by atoms with Crippen molar-refractivity contribution in [1.29, 1.82) is 0 Å². The Morgan fingerprint density at radius 2 is 1.05 bits per heavy atom. The van der Waals surface area contributed by atoms with Crippen LogP contribution >= 0.6 is 0 Å². The molecule has 0 heterocycles. The highest BCUT2D eigenvalue weighted by Crippen LogP contribution is 2.58. The smallest absolute Gasteiger partial charge is 0.118 e. The van der Waals surface area contributed by atoms with Gasteiger partial charge in [0.1, 0.15) is 11.5 Å². The third kappa shape index (κ3) is 5.80. The van der Waals surface area contributed by atoms with Gasteiger partial charge in [-0.2, -0.15) is 0 Å². The van der Waals surface area contributed by atoms with Crippen LogP contribution in [0.5, 0.6) is 11.5 Å². The Kier molecular flexibility index (Phi) is 9.49. The van der Waals surface area contributed by atoms with Crippen LogP contribution in [0.15, 0.2) is 84.9 Å². The average Bonchev–Trinajstić information content (AvgIpc) is 3.31. The Bertz CT molecular complexity index is 1400. The lowest BCUT2D eigenvalue weighted by Gasteiger charge is -2.35. The maximum absolute atomic E-state index is 5.57. The van der Waals surface area contributed by atoms with Gasteiger partial charge in [-0.3, -0.25) is 0 Å². The third-order valence-electron chi connectivity index (χ3n) is 9.11. The molecule has 0 saturated carbocycles. The monoisotopic (exact) mass is 546 g/mol. The molecule has 0 spiro atoms. The maximum Gasteiger partial charge on any atom is 0.118 e. The Morgan fingerprint density at radius 1 is 0.512 bits per heavy atom. The highest BCUT2D eigenvalue weighted by molar-refractivity contribution is 5.96. The van der Waals surface area contributed by atoms with Crippen molar-refractivity contribution in [3.05, 3.63) is 96.1 Å². The zero-order valence-electron chi connectivity index (χ0n) is 25.5. The molecule has 4 aromatic rings. The van der Waals surface area contributed by atoms with Crippen LogP contribution in [-0.2, 0) is 5.41 Å². The van der Waals surface area contributed by atoms with Crippen molar-refractivity contribution in [2.24, 2.45) is 0 Å². The minimum Gasteiger partial charge on any atom is -0.497 e. The molecule has 0 aromatic heterocycles. The van der Waals surface area contributed by atoms with E-state index < -0.39 is 0 Å². The molecule has 1 aliphatic carbocycles. The van der Waals surface area contributed by atoms with Gasteiger partial charge in [-0.05, 0) is 81.6 Å². The molecule has 0 amide bonds. The highest BCUT2D eigenvalue weighted by Gasteiger charge is 2.44. The van der Waals surface area contributed by atoms with Gasteiger partial charge in [0, 0.05) is 5.41 Å². The van der Waals surface area contributed by atoms with Gasteiger partial charge in [-0.15, -0.1) is 0 Å². The van der Waals surface area contributed by atoms with Crippen LogP contribution in [0.25, 0.3) is 33.4 Å². The highest BCUT2D eigenvalue weighted by atomic mass is 16.5. The molecule has 0 unspecified atom stereocenters. The molecule has 4 aromatic carbocycles. The van der Waals surface area contributed by atoms with Crippen molar-refractivity contribution < 1.29 is 9.47 Å². The summed E-state index contributed by atoms with van der Waals surface area (Å²) in [4.78, 5) is 0. The third-order valence-corrected chi connectivity index (χ3v) is 9.11. The molecule has 0 saturated heterocycles. The van der Waals surface area contributed by atoms with E-state index in [1.165, 1.54) is 109 Å². The van der Waals surface area contributed by atoms with Crippen molar-refractivity contribution in [2.75, 3.05) is 14.2 Å². The largest absolute Gasteiger partial charge is 0.497 e. The van der Waals surface area contributed by atoms with Crippen molar-refractivity contribution in [3.63, 3.8) is 0 Å². The number of hydrogen-bond donors (Lipinski definition) is 0. The molecule has 0 bridgehead atoms. The summed E-state index contributed by atoms with van der Waals surface area (Å²) < 4.78 is 11.1. The topological polar surface area (TPSA) is 18.5 Å². The standard InChI is InChI=1S/C39H46O2/c1-5-7-9-13-27-39(28-14-10-8-6-2)36-16-12-11-15-34(36)35-26-25-33(29-17-21-31(40-3)22-18-29)37(38(35)39)30-19-23-32(41-4)24-20-30/h11-12,15-26H,5-10,13-14,27-28H2,1-4H3. The van der Waals surface area contributed by atoms with E-state index in [2.05, 4.69) is 98.8 Å². The van der Waals surface area contributed by atoms with Gasteiger partial charge in [-0.1, -0.05) is 126 Å². The number of fused-ring (bicyclic) bond motifs is 3. The molecule has 0 atom stereocenters. The second kappa shape index (κ2) is 13.4. The van der Waals surface area contributed by atoms with Crippen LogP contribution in [0.3, 0.4) is 0 Å². The molecule has 5 rings (SSSR count). The first-order valence-corrected chi connectivity index (χ1v) is 15.7. The number of hydrogen-bond acceptors (Lipinski definition) is 2. The van der Waals surface area contributed by atoms with Crippen LogP contribution in [0.2, 0.25) is 0 Å². The van der Waals surface area contributed by atoms with Crippen molar-refractivity contribution in [2.45, 2.75) is 83.5 Å². The molecule has 0 fully saturated rings. The van der Waals surface area contributed by atoms with E-state index in [-0.39, 0.29) is 5.41 Å². The summed E-state index contributed by atoms with van der Waals surface area (Å²) >= 11 is 0. The van der Waals surface area contributed by atoms with Crippen molar-refractivity contribution in [1.82, 2.24) is 0 Å². The second-order valence-electron chi connectivity index (χ2n) is 11.6. The van der Waals surface area contributed by atoms with Crippen molar-refractivity contribution in [3.8, 4) is 44.9 Å². The fraction of sp³-hybridized carbons (Fsp3) is 0.385. The zero-order valence-corrected chi connectivity index (χ0v) is 25.5. The SMILES string of the molecule is CCCCCCC1(CCCCCC)c2ccccc2-c2ccc(-c3ccc(OC)cc3)c(-c3ccc(OC)cc3)c21. The van der Waals surface area contributed by atoms with Crippen LogP contribution < -0.4 is 9.47 Å². The molecule has 0 N–H and O–H groups in total. The van der Waals surface area contributed by atoms with Crippen LogP contribution in [-0.4, -0.2) is 14.2 Å². The van der Waals surface area contributed by atoms with E-state index in [0.717, 1.165) is 11.5 Å². The fourth-order valence-electron chi connectivity index (χ4n) is 7.01. The molecule has 214 valence electrons. The summed E-state index contributed by atoms with van der Waals surface area (Å²) in [5.74, 6) is 1.77. The Morgan fingerprint density at radius 3 is 1.61 bits per heavy atom. The summed E-state index contributed by atoms with van der Waals surface area (Å²) in [7, 11) is 3.47. The summed E-state index contributed by atoms with van der Waals surface area (Å²) in [6.45, 7) is 4.62. The first kappa shape index (κ1) is 29.0. The fourth-order valence-corrected chi connectivity index (χ4v) is 7.01. The van der Waals surface area contributed by atoms with E-state index >= 15 is 0 Å². The van der Waals surface area contributed by atoms with Crippen LogP contribution in [0.4, 0.5) is 0 Å². The summed E-state index contributed by atoms with van der Waals surface area (Å²) in [5.41, 5.74) is 11.0. The van der Waals surface area contributed by atoms with Gasteiger partial charge in [0.05, 0.1) is 14.2 Å². The predicted molar refractivity (Wildman–Crippen MR) is 174 cm³/mol. The lowest BCUT2D eigenvalue weighted by Crippen LogP contribution is -2.26. The Balaban J connectivity index is 1.77. The van der Waals surface area contributed by atoms with Gasteiger partial charge in [0.2, 0.25) is 0 Å². The second-order valence-corrected chi connectivity index (χ2v) is 11.6. The quantitative estimate of drug-likeness (QED) is 0.146.